The quantitative estimate of drug-likeness (QED) is 0.744. The zero-order valence-corrected chi connectivity index (χ0v) is 17.2. The second kappa shape index (κ2) is 10.5. The first kappa shape index (κ1) is 24.4. The predicted molar refractivity (Wildman–Crippen MR) is 104 cm³/mol. The number of rotatable bonds is 3. The number of carbonyl (C=O) groups is 2. The molecule has 0 aromatic heterocycles. The first-order valence-corrected chi connectivity index (χ1v) is 9.65. The lowest BCUT2D eigenvalue weighted by molar-refractivity contribution is -0.192. The molecule has 170 valence electrons. The van der Waals surface area contributed by atoms with Gasteiger partial charge in [0.25, 0.3) is 0 Å². The second-order valence-electron chi connectivity index (χ2n) is 7.54. The number of carbonyl (C=O) groups excluding carboxylic acids is 1. The van der Waals surface area contributed by atoms with Crippen LogP contribution in [-0.2, 0) is 16.1 Å². The third kappa shape index (κ3) is 6.83. The molecule has 0 saturated carbocycles. The van der Waals surface area contributed by atoms with Gasteiger partial charge >= 0.3 is 18.2 Å². The van der Waals surface area contributed by atoms with E-state index in [2.05, 4.69) is 16.3 Å². The fraction of sp³-hybridized carbons (Fsp3) is 0.550. The summed E-state index contributed by atoms with van der Waals surface area (Å²) in [5.41, 5.74) is 1.80. The highest BCUT2D eigenvalue weighted by Crippen LogP contribution is 2.30. The van der Waals surface area contributed by atoms with Gasteiger partial charge < -0.3 is 20.1 Å². The summed E-state index contributed by atoms with van der Waals surface area (Å²) >= 11 is 0. The maximum Gasteiger partial charge on any atom is 0.490 e. The Kier molecular flexibility index (Phi) is 8.24. The molecule has 0 unspecified atom stereocenters. The lowest BCUT2D eigenvalue weighted by atomic mass is 10.0. The average Bonchev–Trinajstić information content (AvgIpc) is 3.05. The molecule has 0 spiro atoms. The molecular weight excluding hydrogens is 417 g/mol. The van der Waals surface area contributed by atoms with E-state index in [4.69, 9.17) is 19.9 Å². The average molecular weight is 442 g/mol. The van der Waals surface area contributed by atoms with Crippen LogP contribution in [0.3, 0.4) is 0 Å². The zero-order chi connectivity index (χ0) is 23.2. The number of benzene rings is 1. The van der Waals surface area contributed by atoms with E-state index in [9.17, 15) is 18.0 Å². The minimum Gasteiger partial charge on any atom is -0.475 e. The van der Waals surface area contributed by atoms with Crippen LogP contribution in [0.15, 0.2) is 24.3 Å². The van der Waals surface area contributed by atoms with Crippen LogP contribution in [0.1, 0.15) is 24.0 Å². The number of hydrogen-bond donors (Lipinski definition) is 2. The third-order valence-corrected chi connectivity index (χ3v) is 5.03. The van der Waals surface area contributed by atoms with Crippen LogP contribution in [0.2, 0.25) is 0 Å². The van der Waals surface area contributed by atoms with Gasteiger partial charge in [0.2, 0.25) is 0 Å². The number of ether oxygens (including phenoxy) is 1. The minimum absolute atomic E-state index is 0.00403. The van der Waals surface area contributed by atoms with Crippen molar-refractivity contribution in [3.63, 3.8) is 0 Å². The van der Waals surface area contributed by atoms with Crippen molar-refractivity contribution in [1.29, 1.82) is 5.26 Å². The maximum atomic E-state index is 12.0. The smallest absolute Gasteiger partial charge is 0.475 e. The summed E-state index contributed by atoms with van der Waals surface area (Å²) in [6.07, 6.45) is -2.91. The van der Waals surface area contributed by atoms with Crippen molar-refractivity contribution in [3.05, 3.63) is 35.4 Å². The lowest BCUT2D eigenvalue weighted by Crippen LogP contribution is -2.50. The Morgan fingerprint density at radius 2 is 2.06 bits per heavy atom. The van der Waals surface area contributed by atoms with Crippen molar-refractivity contribution < 1.29 is 32.6 Å². The largest absolute Gasteiger partial charge is 0.490 e. The second-order valence-corrected chi connectivity index (χ2v) is 7.54. The van der Waals surface area contributed by atoms with E-state index >= 15 is 0 Å². The van der Waals surface area contributed by atoms with Gasteiger partial charge in [-0.1, -0.05) is 12.1 Å². The van der Waals surface area contributed by atoms with Crippen molar-refractivity contribution in [3.8, 4) is 6.07 Å². The highest BCUT2D eigenvalue weighted by Gasteiger charge is 2.44. The summed E-state index contributed by atoms with van der Waals surface area (Å²) < 4.78 is 37.7. The third-order valence-electron chi connectivity index (χ3n) is 5.03. The van der Waals surface area contributed by atoms with Crippen molar-refractivity contribution in [1.82, 2.24) is 15.1 Å². The molecular formula is C20H25F3N4O4. The van der Waals surface area contributed by atoms with E-state index in [1.54, 1.807) is 19.0 Å². The molecule has 8 nitrogen and oxygen atoms in total. The number of urea groups is 1. The number of likely N-dealkylation sites (tertiary alicyclic amines) is 1. The van der Waals surface area contributed by atoms with Crippen LogP contribution in [0.5, 0.6) is 0 Å². The highest BCUT2D eigenvalue weighted by molar-refractivity contribution is 5.74. The fourth-order valence-corrected chi connectivity index (χ4v) is 3.62. The van der Waals surface area contributed by atoms with E-state index in [-0.39, 0.29) is 18.2 Å². The van der Waals surface area contributed by atoms with Gasteiger partial charge in [0.1, 0.15) is 0 Å². The number of alkyl halides is 3. The van der Waals surface area contributed by atoms with E-state index in [1.165, 1.54) is 0 Å². The van der Waals surface area contributed by atoms with Crippen LogP contribution >= 0.6 is 0 Å². The topological polar surface area (TPSA) is 106 Å². The number of nitriles is 1. The first-order valence-electron chi connectivity index (χ1n) is 9.65. The Bertz CT molecular complexity index is 825. The van der Waals surface area contributed by atoms with Gasteiger partial charge in [0.15, 0.2) is 0 Å². The number of hydrogen-bond acceptors (Lipinski definition) is 5. The normalized spacial score (nSPS) is 23.0. The summed E-state index contributed by atoms with van der Waals surface area (Å²) in [4.78, 5) is 24.9. The van der Waals surface area contributed by atoms with Crippen molar-refractivity contribution in [2.24, 2.45) is 0 Å². The number of halogens is 3. The molecule has 3 atom stereocenters. The van der Waals surface area contributed by atoms with Gasteiger partial charge in [-0.3, -0.25) is 4.90 Å². The van der Waals surface area contributed by atoms with E-state index in [1.807, 2.05) is 24.3 Å². The number of nitrogens with one attached hydrogen (secondary N) is 1. The van der Waals surface area contributed by atoms with Gasteiger partial charge in [-0.05, 0) is 30.5 Å². The number of carboxylic acid groups (broad SMARTS) is 1. The van der Waals surface area contributed by atoms with Crippen molar-refractivity contribution in [2.45, 2.75) is 43.8 Å². The Balaban J connectivity index is 0.000000423. The molecule has 31 heavy (non-hydrogen) atoms. The summed E-state index contributed by atoms with van der Waals surface area (Å²) in [6.45, 7) is 2.30. The van der Waals surface area contributed by atoms with Crippen LogP contribution in [0.25, 0.3) is 0 Å². The molecule has 11 heteroatoms. The van der Waals surface area contributed by atoms with Crippen LogP contribution in [-0.4, -0.2) is 78.5 Å². The number of nitrogens with zero attached hydrogens (tertiary/aromatic N) is 3. The molecule has 2 N–H and O–H groups in total. The Labute approximate surface area is 178 Å². The standard InChI is InChI=1S/C18H24N4O2.C2HF3O2/c1-21(2)18(23)20-15-12-22(16-7-4-8-24-17(15)16)11-14-6-3-5-13(9-14)10-19;3-2(4,5)1(6)7/h3,5-6,9,15-17H,4,7-8,11-12H2,1-2H3,(H,20,23);(H,6,7)/t15-,16-,17-;/m1./s1. The van der Waals surface area contributed by atoms with Crippen LogP contribution in [0.4, 0.5) is 18.0 Å². The number of amides is 2. The molecule has 2 fully saturated rings. The molecule has 2 heterocycles. The van der Waals surface area contributed by atoms with Gasteiger partial charge in [-0.2, -0.15) is 18.4 Å². The molecule has 1 aromatic carbocycles. The summed E-state index contributed by atoms with van der Waals surface area (Å²) in [5.74, 6) is -2.76. The SMILES string of the molecule is CN(C)C(=O)N[C@@H]1CN(Cc2cccc(C#N)c2)[C@@H]2CCCO[C@@H]21.O=C(O)C(F)(F)F. The van der Waals surface area contributed by atoms with Gasteiger partial charge in [0, 0.05) is 39.8 Å². The van der Waals surface area contributed by atoms with Crippen molar-refractivity contribution in [2.75, 3.05) is 27.2 Å². The highest BCUT2D eigenvalue weighted by atomic mass is 19.4. The fourth-order valence-electron chi connectivity index (χ4n) is 3.62. The number of aliphatic carboxylic acids is 1. The van der Waals surface area contributed by atoms with E-state index in [0.29, 0.717) is 11.6 Å². The molecule has 3 rings (SSSR count). The predicted octanol–water partition coefficient (Wildman–Crippen LogP) is 2.19. The first-order chi connectivity index (χ1) is 14.5. The summed E-state index contributed by atoms with van der Waals surface area (Å²) in [7, 11) is 3.49. The van der Waals surface area contributed by atoms with Crippen molar-refractivity contribution >= 4 is 12.0 Å². The summed E-state index contributed by atoms with van der Waals surface area (Å²) in [5, 5.41) is 19.3. The monoisotopic (exact) mass is 442 g/mol. The summed E-state index contributed by atoms with van der Waals surface area (Å²) in [6, 6.07) is 10.2. The molecule has 2 aliphatic rings. The lowest BCUT2D eigenvalue weighted by Gasteiger charge is -2.32. The van der Waals surface area contributed by atoms with Crippen LogP contribution < -0.4 is 5.32 Å². The van der Waals surface area contributed by atoms with Crippen LogP contribution in [0, 0.1) is 11.3 Å². The molecule has 0 bridgehead atoms. The number of fused-ring (bicyclic) bond motifs is 1. The Morgan fingerprint density at radius 1 is 1.39 bits per heavy atom. The minimum atomic E-state index is -5.08. The van der Waals surface area contributed by atoms with Gasteiger partial charge in [0.05, 0.1) is 23.8 Å². The van der Waals surface area contributed by atoms with E-state index in [0.717, 1.165) is 38.1 Å². The Hall–Kier alpha value is -2.84. The molecule has 2 amide bonds. The van der Waals surface area contributed by atoms with E-state index < -0.39 is 12.1 Å². The Morgan fingerprint density at radius 3 is 2.65 bits per heavy atom. The number of carboxylic acids is 1. The molecule has 2 saturated heterocycles. The maximum absolute atomic E-state index is 12.0. The van der Waals surface area contributed by atoms with Gasteiger partial charge in [-0.15, -0.1) is 0 Å². The molecule has 1 aromatic rings. The molecule has 2 aliphatic heterocycles. The molecule has 0 radical (unpaired) electrons. The van der Waals surface area contributed by atoms with Gasteiger partial charge in [-0.25, -0.2) is 9.59 Å². The molecule has 0 aliphatic carbocycles. The zero-order valence-electron chi connectivity index (χ0n) is 17.2.